The number of hydrogen-bond donors (Lipinski definition) is 1. The second kappa shape index (κ2) is 3.64. The Morgan fingerprint density at radius 3 is 2.79 bits per heavy atom. The zero-order chi connectivity index (χ0) is 9.97. The molecule has 0 unspecified atom stereocenters. The maximum Gasteiger partial charge on any atom is 0.133 e. The van der Waals surface area contributed by atoms with Crippen LogP contribution in [-0.4, -0.2) is 0 Å². The molecule has 0 atom stereocenters. The van der Waals surface area contributed by atoms with Gasteiger partial charge < -0.3 is 10.2 Å². The molecule has 0 aliphatic carbocycles. The Kier molecular flexibility index (Phi) is 2.33. The molecule has 72 valence electrons. The molecule has 1 aromatic carbocycles. The van der Waals surface area contributed by atoms with E-state index in [2.05, 4.69) is 0 Å². The molecule has 0 amide bonds. The van der Waals surface area contributed by atoms with Crippen molar-refractivity contribution < 1.29 is 8.81 Å². The van der Waals surface area contributed by atoms with Gasteiger partial charge in [-0.15, -0.1) is 0 Å². The van der Waals surface area contributed by atoms with Crippen molar-refractivity contribution in [1.29, 1.82) is 0 Å². The molecule has 3 heteroatoms. The standard InChI is InChI=1S/C11H10FNO/c12-10-5-8(7-13)4-9(6-10)11-2-1-3-14-11/h1-6H,7,13H2. The first-order valence-corrected chi connectivity index (χ1v) is 4.33. The third kappa shape index (κ3) is 1.67. The van der Waals surface area contributed by atoms with Gasteiger partial charge in [-0.3, -0.25) is 0 Å². The van der Waals surface area contributed by atoms with Crippen LogP contribution in [-0.2, 0) is 6.54 Å². The Morgan fingerprint density at radius 1 is 1.29 bits per heavy atom. The summed E-state index contributed by atoms with van der Waals surface area (Å²) in [6, 6.07) is 8.23. The number of furan rings is 1. The van der Waals surface area contributed by atoms with E-state index in [1.807, 2.05) is 6.07 Å². The molecular formula is C11H10FNO. The Labute approximate surface area is 81.2 Å². The van der Waals surface area contributed by atoms with E-state index in [0.29, 0.717) is 12.3 Å². The van der Waals surface area contributed by atoms with Crippen molar-refractivity contribution in [2.45, 2.75) is 6.54 Å². The van der Waals surface area contributed by atoms with Crippen LogP contribution in [0.4, 0.5) is 4.39 Å². The molecule has 0 aliphatic heterocycles. The van der Waals surface area contributed by atoms with Gasteiger partial charge in [0.25, 0.3) is 0 Å². The van der Waals surface area contributed by atoms with Crippen LogP contribution in [0.2, 0.25) is 0 Å². The average molecular weight is 191 g/mol. The van der Waals surface area contributed by atoms with Crippen LogP contribution in [0.3, 0.4) is 0 Å². The third-order valence-electron chi connectivity index (χ3n) is 2.00. The van der Waals surface area contributed by atoms with Crippen molar-refractivity contribution in [2.24, 2.45) is 5.73 Å². The van der Waals surface area contributed by atoms with E-state index in [0.717, 1.165) is 11.1 Å². The lowest BCUT2D eigenvalue weighted by Gasteiger charge is -2.01. The van der Waals surface area contributed by atoms with Crippen molar-refractivity contribution in [2.75, 3.05) is 0 Å². The van der Waals surface area contributed by atoms with Crippen LogP contribution in [0.15, 0.2) is 41.0 Å². The predicted molar refractivity (Wildman–Crippen MR) is 52.0 cm³/mol. The fourth-order valence-corrected chi connectivity index (χ4v) is 1.35. The highest BCUT2D eigenvalue weighted by Gasteiger charge is 2.04. The lowest BCUT2D eigenvalue weighted by Crippen LogP contribution is -1.97. The molecule has 2 nitrogen and oxygen atoms in total. The summed E-state index contributed by atoms with van der Waals surface area (Å²) in [6.45, 7) is 0.325. The molecule has 2 N–H and O–H groups in total. The Morgan fingerprint density at radius 2 is 2.14 bits per heavy atom. The van der Waals surface area contributed by atoms with Gasteiger partial charge in [0.15, 0.2) is 0 Å². The van der Waals surface area contributed by atoms with Crippen molar-refractivity contribution in [1.82, 2.24) is 0 Å². The van der Waals surface area contributed by atoms with Gasteiger partial charge in [0, 0.05) is 12.1 Å². The van der Waals surface area contributed by atoms with Crippen LogP contribution in [0.25, 0.3) is 11.3 Å². The Bertz CT molecular complexity index is 423. The number of rotatable bonds is 2. The van der Waals surface area contributed by atoms with Gasteiger partial charge in [-0.1, -0.05) is 0 Å². The molecule has 1 heterocycles. The molecule has 14 heavy (non-hydrogen) atoms. The van der Waals surface area contributed by atoms with Crippen LogP contribution in [0.1, 0.15) is 5.56 Å². The summed E-state index contributed by atoms with van der Waals surface area (Å²) in [6.07, 6.45) is 1.56. The molecule has 0 spiro atoms. The smallest absolute Gasteiger partial charge is 0.133 e. The van der Waals surface area contributed by atoms with Gasteiger partial charge in [-0.05, 0) is 35.9 Å². The molecule has 2 aromatic rings. The van der Waals surface area contributed by atoms with E-state index < -0.39 is 0 Å². The average Bonchev–Trinajstić information content (AvgIpc) is 2.69. The maximum absolute atomic E-state index is 13.1. The molecule has 0 saturated heterocycles. The number of benzene rings is 1. The minimum absolute atomic E-state index is 0.292. The lowest BCUT2D eigenvalue weighted by atomic mass is 10.1. The highest BCUT2D eigenvalue weighted by molar-refractivity contribution is 5.58. The summed E-state index contributed by atoms with van der Waals surface area (Å²) in [7, 11) is 0. The molecule has 0 fully saturated rings. The zero-order valence-electron chi connectivity index (χ0n) is 7.53. The number of nitrogens with two attached hydrogens (primary N) is 1. The van der Waals surface area contributed by atoms with E-state index in [1.165, 1.54) is 12.1 Å². The first-order valence-electron chi connectivity index (χ1n) is 4.33. The van der Waals surface area contributed by atoms with Gasteiger partial charge >= 0.3 is 0 Å². The third-order valence-corrected chi connectivity index (χ3v) is 2.00. The minimum atomic E-state index is -0.292. The topological polar surface area (TPSA) is 39.2 Å². The fourth-order valence-electron chi connectivity index (χ4n) is 1.35. The molecule has 0 bridgehead atoms. The monoisotopic (exact) mass is 191 g/mol. The maximum atomic E-state index is 13.1. The molecule has 0 aliphatic rings. The lowest BCUT2D eigenvalue weighted by molar-refractivity contribution is 0.579. The van der Waals surface area contributed by atoms with Crippen LogP contribution < -0.4 is 5.73 Å². The summed E-state index contributed by atoms with van der Waals surface area (Å²) in [5.41, 5.74) is 6.92. The second-order valence-electron chi connectivity index (χ2n) is 3.03. The largest absolute Gasteiger partial charge is 0.464 e. The molecular weight excluding hydrogens is 181 g/mol. The van der Waals surface area contributed by atoms with Gasteiger partial charge in [0.05, 0.1) is 6.26 Å². The SMILES string of the molecule is NCc1cc(F)cc(-c2ccco2)c1. The minimum Gasteiger partial charge on any atom is -0.464 e. The first kappa shape index (κ1) is 8.97. The van der Waals surface area contributed by atoms with E-state index in [1.54, 1.807) is 18.4 Å². The van der Waals surface area contributed by atoms with Crippen LogP contribution in [0, 0.1) is 5.82 Å². The van der Waals surface area contributed by atoms with Crippen molar-refractivity contribution in [3.8, 4) is 11.3 Å². The molecule has 0 saturated carbocycles. The van der Waals surface area contributed by atoms with Gasteiger partial charge in [-0.25, -0.2) is 4.39 Å². The van der Waals surface area contributed by atoms with E-state index in [4.69, 9.17) is 10.2 Å². The summed E-state index contributed by atoms with van der Waals surface area (Å²) in [5, 5.41) is 0. The summed E-state index contributed by atoms with van der Waals surface area (Å²) < 4.78 is 18.3. The highest BCUT2D eigenvalue weighted by atomic mass is 19.1. The quantitative estimate of drug-likeness (QED) is 0.792. The van der Waals surface area contributed by atoms with Gasteiger partial charge in [0.1, 0.15) is 11.6 Å². The van der Waals surface area contributed by atoms with Crippen molar-refractivity contribution in [3.05, 3.63) is 48.0 Å². The van der Waals surface area contributed by atoms with E-state index in [9.17, 15) is 4.39 Å². The van der Waals surface area contributed by atoms with Gasteiger partial charge in [-0.2, -0.15) is 0 Å². The van der Waals surface area contributed by atoms with Crippen molar-refractivity contribution >= 4 is 0 Å². The molecule has 2 rings (SSSR count). The predicted octanol–water partition coefficient (Wildman–Crippen LogP) is 2.54. The fraction of sp³-hybridized carbons (Fsp3) is 0.0909. The second-order valence-corrected chi connectivity index (χ2v) is 3.03. The summed E-state index contributed by atoms with van der Waals surface area (Å²) >= 11 is 0. The Balaban J connectivity index is 2.48. The first-order chi connectivity index (χ1) is 6.79. The highest BCUT2D eigenvalue weighted by Crippen LogP contribution is 2.22. The van der Waals surface area contributed by atoms with Crippen LogP contribution in [0.5, 0.6) is 0 Å². The van der Waals surface area contributed by atoms with E-state index in [-0.39, 0.29) is 5.82 Å². The molecule has 1 aromatic heterocycles. The summed E-state index contributed by atoms with van der Waals surface area (Å²) in [4.78, 5) is 0. The zero-order valence-corrected chi connectivity index (χ0v) is 7.53. The van der Waals surface area contributed by atoms with Gasteiger partial charge in [0.2, 0.25) is 0 Å². The number of hydrogen-bond acceptors (Lipinski definition) is 2. The van der Waals surface area contributed by atoms with Crippen LogP contribution >= 0.6 is 0 Å². The summed E-state index contributed by atoms with van der Waals surface area (Å²) in [5.74, 6) is 0.360. The number of halogens is 1. The molecule has 0 radical (unpaired) electrons. The van der Waals surface area contributed by atoms with E-state index >= 15 is 0 Å². The Hall–Kier alpha value is -1.61. The normalized spacial score (nSPS) is 10.4. The van der Waals surface area contributed by atoms with Crippen molar-refractivity contribution in [3.63, 3.8) is 0 Å².